The monoisotopic (exact) mass is 376 g/mol. The molecule has 1 unspecified atom stereocenters. The Hall–Kier alpha value is -1.52. The molecule has 1 saturated carbocycles. The van der Waals surface area contributed by atoms with Gasteiger partial charge in [0.2, 0.25) is 5.91 Å². The number of hydrogen-bond acceptors (Lipinski definition) is 2. The SMILES string of the molecule is CC(O)Cn1cc(NC(=O)CCC2CCCCCC2)c2c(Cl)cccc21. The maximum Gasteiger partial charge on any atom is 0.224 e. The summed E-state index contributed by atoms with van der Waals surface area (Å²) in [5.74, 6) is 0.730. The molecule has 1 aliphatic rings. The third kappa shape index (κ3) is 4.80. The van der Waals surface area contributed by atoms with E-state index in [0.717, 1.165) is 23.0 Å². The first-order chi connectivity index (χ1) is 12.5. The van der Waals surface area contributed by atoms with Crippen LogP contribution in [0.15, 0.2) is 24.4 Å². The second-order valence-corrected chi connectivity index (χ2v) is 8.03. The molecule has 1 amide bonds. The summed E-state index contributed by atoms with van der Waals surface area (Å²) >= 11 is 6.39. The van der Waals surface area contributed by atoms with Gasteiger partial charge >= 0.3 is 0 Å². The molecular formula is C21H29ClN2O2. The number of benzene rings is 1. The quantitative estimate of drug-likeness (QED) is 0.666. The first kappa shape index (κ1) is 19.2. The van der Waals surface area contributed by atoms with Gasteiger partial charge in [0.25, 0.3) is 0 Å². The van der Waals surface area contributed by atoms with Crippen molar-refractivity contribution in [2.24, 2.45) is 5.92 Å². The van der Waals surface area contributed by atoms with Gasteiger partial charge in [0.1, 0.15) is 0 Å². The van der Waals surface area contributed by atoms with E-state index in [4.69, 9.17) is 11.6 Å². The van der Waals surface area contributed by atoms with Gasteiger partial charge in [0, 0.05) is 24.5 Å². The number of aliphatic hydroxyl groups is 1. The van der Waals surface area contributed by atoms with Crippen LogP contribution in [0.1, 0.15) is 58.3 Å². The van der Waals surface area contributed by atoms with Crippen LogP contribution in [0.4, 0.5) is 5.69 Å². The topological polar surface area (TPSA) is 54.3 Å². The number of fused-ring (bicyclic) bond motifs is 1. The number of halogens is 1. The van der Waals surface area contributed by atoms with Crippen molar-refractivity contribution in [2.45, 2.75) is 70.9 Å². The molecule has 26 heavy (non-hydrogen) atoms. The van der Waals surface area contributed by atoms with Gasteiger partial charge in [-0.05, 0) is 31.4 Å². The van der Waals surface area contributed by atoms with E-state index in [2.05, 4.69) is 5.32 Å². The molecule has 0 bridgehead atoms. The lowest BCUT2D eigenvalue weighted by Crippen LogP contribution is -2.13. The summed E-state index contributed by atoms with van der Waals surface area (Å²) in [6, 6.07) is 5.68. The van der Waals surface area contributed by atoms with Crippen LogP contribution in [0, 0.1) is 5.92 Å². The Balaban J connectivity index is 1.70. The minimum atomic E-state index is -0.469. The van der Waals surface area contributed by atoms with E-state index in [1.807, 2.05) is 29.0 Å². The summed E-state index contributed by atoms with van der Waals surface area (Å²) in [7, 11) is 0. The number of anilines is 1. The van der Waals surface area contributed by atoms with Gasteiger partial charge in [-0.25, -0.2) is 0 Å². The minimum absolute atomic E-state index is 0.0465. The standard InChI is InChI=1S/C21H29ClN2O2/c1-15(25)13-24-14-18(21-17(22)9-6-10-19(21)24)23-20(26)12-11-16-7-4-2-3-5-8-16/h6,9-10,14-16,25H,2-5,7-8,11-13H2,1H3,(H,23,26). The summed E-state index contributed by atoms with van der Waals surface area (Å²) in [6.07, 6.45) is 10.7. The fourth-order valence-corrected chi connectivity index (χ4v) is 4.31. The number of rotatable bonds is 6. The fraction of sp³-hybridized carbons (Fsp3) is 0.571. The van der Waals surface area contributed by atoms with Gasteiger partial charge in [-0.3, -0.25) is 4.79 Å². The van der Waals surface area contributed by atoms with Gasteiger partial charge in [-0.1, -0.05) is 56.2 Å². The number of carbonyl (C=O) groups excluding carboxylic acids is 1. The van der Waals surface area contributed by atoms with Crippen LogP contribution in [0.25, 0.3) is 10.9 Å². The summed E-state index contributed by atoms with van der Waals surface area (Å²) in [5, 5.41) is 14.2. The molecule has 1 heterocycles. The molecule has 3 rings (SSSR count). The Kier molecular flexibility index (Phi) is 6.60. The molecule has 142 valence electrons. The maximum absolute atomic E-state index is 12.5. The third-order valence-corrected chi connectivity index (χ3v) is 5.66. The van der Waals surface area contributed by atoms with Crippen LogP contribution in [0.3, 0.4) is 0 Å². The Morgan fingerprint density at radius 1 is 1.31 bits per heavy atom. The molecule has 1 atom stereocenters. The molecule has 2 N–H and O–H groups in total. The van der Waals surface area contributed by atoms with Crippen LogP contribution in [-0.2, 0) is 11.3 Å². The van der Waals surface area contributed by atoms with Gasteiger partial charge in [0.15, 0.2) is 0 Å². The average Bonchev–Trinajstić information content (AvgIpc) is 2.78. The Morgan fingerprint density at radius 3 is 2.73 bits per heavy atom. The molecule has 1 fully saturated rings. The molecule has 5 heteroatoms. The highest BCUT2D eigenvalue weighted by molar-refractivity contribution is 6.36. The van der Waals surface area contributed by atoms with Crippen molar-refractivity contribution < 1.29 is 9.90 Å². The summed E-state index contributed by atoms with van der Waals surface area (Å²) in [6.45, 7) is 2.22. The lowest BCUT2D eigenvalue weighted by Gasteiger charge is -2.13. The van der Waals surface area contributed by atoms with Gasteiger partial charge in [-0.15, -0.1) is 0 Å². The zero-order valence-electron chi connectivity index (χ0n) is 15.5. The molecule has 1 aromatic carbocycles. The number of aromatic nitrogens is 1. The predicted molar refractivity (Wildman–Crippen MR) is 108 cm³/mol. The number of aliphatic hydroxyl groups excluding tert-OH is 1. The summed E-state index contributed by atoms with van der Waals surface area (Å²) in [5.41, 5.74) is 1.66. The molecule has 1 aliphatic carbocycles. The highest BCUT2D eigenvalue weighted by Crippen LogP contribution is 2.33. The van der Waals surface area contributed by atoms with Crippen molar-refractivity contribution in [3.8, 4) is 0 Å². The lowest BCUT2D eigenvalue weighted by atomic mass is 9.95. The first-order valence-electron chi connectivity index (χ1n) is 9.80. The first-order valence-corrected chi connectivity index (χ1v) is 10.2. The number of carbonyl (C=O) groups is 1. The van der Waals surface area contributed by atoms with E-state index in [0.29, 0.717) is 23.9 Å². The molecule has 2 aromatic rings. The highest BCUT2D eigenvalue weighted by Gasteiger charge is 2.17. The largest absolute Gasteiger partial charge is 0.392 e. The lowest BCUT2D eigenvalue weighted by molar-refractivity contribution is -0.116. The van der Waals surface area contributed by atoms with E-state index in [-0.39, 0.29) is 5.91 Å². The number of nitrogens with one attached hydrogen (secondary N) is 1. The smallest absolute Gasteiger partial charge is 0.224 e. The zero-order chi connectivity index (χ0) is 18.5. The third-order valence-electron chi connectivity index (χ3n) is 5.34. The molecule has 0 spiro atoms. The van der Waals surface area contributed by atoms with Gasteiger partial charge in [0.05, 0.1) is 22.3 Å². The molecule has 0 aliphatic heterocycles. The van der Waals surface area contributed by atoms with Crippen molar-refractivity contribution in [3.05, 3.63) is 29.4 Å². The van der Waals surface area contributed by atoms with E-state index in [9.17, 15) is 9.90 Å². The van der Waals surface area contributed by atoms with E-state index < -0.39 is 6.10 Å². The fourth-order valence-electron chi connectivity index (χ4n) is 4.04. The average molecular weight is 377 g/mol. The molecule has 4 nitrogen and oxygen atoms in total. The van der Waals surface area contributed by atoms with E-state index in [1.54, 1.807) is 6.92 Å². The van der Waals surface area contributed by atoms with Crippen molar-refractivity contribution in [3.63, 3.8) is 0 Å². The van der Waals surface area contributed by atoms with Gasteiger partial charge < -0.3 is 15.0 Å². The van der Waals surface area contributed by atoms with Crippen molar-refractivity contribution in [1.29, 1.82) is 0 Å². The van der Waals surface area contributed by atoms with E-state index in [1.165, 1.54) is 38.5 Å². The molecule has 0 radical (unpaired) electrons. The zero-order valence-corrected chi connectivity index (χ0v) is 16.3. The van der Waals surface area contributed by atoms with Crippen molar-refractivity contribution in [1.82, 2.24) is 4.57 Å². The highest BCUT2D eigenvalue weighted by atomic mass is 35.5. The van der Waals surface area contributed by atoms with E-state index >= 15 is 0 Å². The van der Waals surface area contributed by atoms with Crippen LogP contribution in [0.5, 0.6) is 0 Å². The molecular weight excluding hydrogens is 348 g/mol. The Labute approximate surface area is 160 Å². The van der Waals surface area contributed by atoms with Crippen LogP contribution in [-0.4, -0.2) is 21.7 Å². The predicted octanol–water partition coefficient (Wildman–Crippen LogP) is 5.36. The number of amides is 1. The second-order valence-electron chi connectivity index (χ2n) is 7.62. The number of hydrogen-bond donors (Lipinski definition) is 2. The minimum Gasteiger partial charge on any atom is -0.392 e. The molecule has 1 aromatic heterocycles. The summed E-state index contributed by atoms with van der Waals surface area (Å²) in [4.78, 5) is 12.5. The van der Waals surface area contributed by atoms with Gasteiger partial charge in [-0.2, -0.15) is 0 Å². The van der Waals surface area contributed by atoms with Crippen LogP contribution in [0.2, 0.25) is 5.02 Å². The van der Waals surface area contributed by atoms with Crippen LogP contribution < -0.4 is 5.32 Å². The number of nitrogens with zero attached hydrogens (tertiary/aromatic N) is 1. The van der Waals surface area contributed by atoms with Crippen molar-refractivity contribution in [2.75, 3.05) is 5.32 Å². The van der Waals surface area contributed by atoms with Crippen molar-refractivity contribution >= 4 is 34.1 Å². The normalized spacial score (nSPS) is 17.2. The molecule has 0 saturated heterocycles. The Bertz CT molecular complexity index is 746. The Morgan fingerprint density at radius 2 is 2.04 bits per heavy atom. The second kappa shape index (κ2) is 8.92. The maximum atomic E-state index is 12.5. The summed E-state index contributed by atoms with van der Waals surface area (Å²) < 4.78 is 1.95. The van der Waals surface area contributed by atoms with Crippen LogP contribution >= 0.6 is 11.6 Å².